The summed E-state index contributed by atoms with van der Waals surface area (Å²) in [5.74, 6) is 2.05. The SMILES string of the molecule is N#CC(C#N)=C(C(C#N)C#N)[P+](c1ccccc1)(c1ccccc1)c1ccccc1C1C2CC3CC(C2)CC1C3. The van der Waals surface area contributed by atoms with Crippen LogP contribution in [0.3, 0.4) is 0 Å². The zero-order chi connectivity index (χ0) is 27.7. The van der Waals surface area contributed by atoms with Gasteiger partial charge in [0.25, 0.3) is 0 Å². The van der Waals surface area contributed by atoms with Gasteiger partial charge in [0.15, 0.2) is 11.5 Å². The lowest BCUT2D eigenvalue weighted by Crippen LogP contribution is -2.46. The Kier molecular flexibility index (Phi) is 7.00. The van der Waals surface area contributed by atoms with E-state index in [0.29, 0.717) is 23.1 Å². The van der Waals surface area contributed by atoms with Crippen molar-refractivity contribution < 1.29 is 0 Å². The number of nitriles is 4. The Morgan fingerprint density at radius 1 is 0.625 bits per heavy atom. The largest absolute Gasteiger partial charge is 0.196 e. The fraction of sp³-hybridized carbons (Fsp3) is 0.314. The minimum atomic E-state index is -3.00. The molecular formula is C35H30N4P+. The molecule has 0 spiro atoms. The van der Waals surface area contributed by atoms with E-state index < -0.39 is 13.2 Å². The van der Waals surface area contributed by atoms with E-state index in [1.165, 1.54) is 37.7 Å². The number of hydrogen-bond acceptors (Lipinski definition) is 4. The molecule has 4 aliphatic rings. The molecule has 3 aromatic rings. The summed E-state index contributed by atoms with van der Waals surface area (Å²) in [7, 11) is -3.00. The zero-order valence-electron chi connectivity index (χ0n) is 22.3. The van der Waals surface area contributed by atoms with E-state index >= 15 is 0 Å². The van der Waals surface area contributed by atoms with E-state index in [1.54, 1.807) is 0 Å². The number of nitrogens with zero attached hydrogens (tertiary/aromatic N) is 4. The maximum Gasteiger partial charge on any atom is 0.193 e. The maximum absolute atomic E-state index is 10.3. The van der Waals surface area contributed by atoms with Crippen LogP contribution in [0, 0.1) is 74.9 Å². The second-order valence-corrected chi connectivity index (χ2v) is 14.9. The number of rotatable bonds is 6. The Balaban J connectivity index is 1.74. The average molecular weight is 538 g/mol. The molecule has 0 unspecified atom stereocenters. The normalized spacial score (nSPS) is 24.4. The van der Waals surface area contributed by atoms with Crippen molar-refractivity contribution >= 4 is 23.2 Å². The molecule has 4 saturated carbocycles. The summed E-state index contributed by atoms with van der Waals surface area (Å²) in [5, 5.41) is 44.6. The minimum Gasteiger partial charge on any atom is -0.196 e. The molecule has 0 saturated heterocycles. The Morgan fingerprint density at radius 2 is 1.10 bits per heavy atom. The fourth-order valence-corrected chi connectivity index (χ4v) is 13.2. The van der Waals surface area contributed by atoms with Crippen molar-refractivity contribution in [1.29, 1.82) is 21.0 Å². The van der Waals surface area contributed by atoms with Crippen molar-refractivity contribution in [3.05, 3.63) is 101 Å². The molecule has 0 aliphatic heterocycles. The summed E-state index contributed by atoms with van der Waals surface area (Å²) in [5.41, 5.74) is 1.15. The molecule has 0 atom stereocenters. The van der Waals surface area contributed by atoms with E-state index in [1.807, 2.05) is 66.7 Å². The van der Waals surface area contributed by atoms with E-state index in [0.717, 1.165) is 27.7 Å². The van der Waals surface area contributed by atoms with Crippen LogP contribution in [0.1, 0.15) is 43.6 Å². The quantitative estimate of drug-likeness (QED) is 0.265. The summed E-state index contributed by atoms with van der Waals surface area (Å²) in [6, 6.07) is 37.1. The molecule has 5 heteroatoms. The molecule has 0 amide bonds. The third-order valence-electron chi connectivity index (χ3n) is 9.54. The molecule has 0 N–H and O–H groups in total. The van der Waals surface area contributed by atoms with Crippen LogP contribution >= 0.6 is 7.26 Å². The monoisotopic (exact) mass is 537 g/mol. The van der Waals surface area contributed by atoms with Crippen LogP contribution in [-0.2, 0) is 0 Å². The Morgan fingerprint density at radius 3 is 1.57 bits per heavy atom. The third-order valence-corrected chi connectivity index (χ3v) is 14.0. The van der Waals surface area contributed by atoms with E-state index in [4.69, 9.17) is 0 Å². The van der Waals surface area contributed by atoms with Crippen LogP contribution in [0.2, 0.25) is 0 Å². The minimum absolute atomic E-state index is 0.131. The zero-order valence-corrected chi connectivity index (χ0v) is 23.2. The van der Waals surface area contributed by atoms with Crippen LogP contribution in [0.15, 0.2) is 95.8 Å². The first kappa shape index (κ1) is 26.0. The molecule has 194 valence electrons. The lowest BCUT2D eigenvalue weighted by Gasteiger charge is -2.55. The van der Waals surface area contributed by atoms with Crippen molar-refractivity contribution in [3.8, 4) is 24.3 Å². The lowest BCUT2D eigenvalue weighted by atomic mass is 9.51. The molecule has 3 aromatic carbocycles. The van der Waals surface area contributed by atoms with E-state index in [2.05, 4.69) is 42.5 Å². The van der Waals surface area contributed by atoms with Gasteiger partial charge >= 0.3 is 0 Å². The lowest BCUT2D eigenvalue weighted by molar-refractivity contribution is -0.00245. The first-order valence-electron chi connectivity index (χ1n) is 14.1. The van der Waals surface area contributed by atoms with Gasteiger partial charge in [0.05, 0.1) is 12.1 Å². The van der Waals surface area contributed by atoms with Gasteiger partial charge in [-0.05, 0) is 97.6 Å². The molecule has 4 fully saturated rings. The van der Waals surface area contributed by atoms with Gasteiger partial charge in [-0.3, -0.25) is 0 Å². The third kappa shape index (κ3) is 4.04. The second-order valence-electron chi connectivity index (χ2n) is 11.5. The molecule has 7 rings (SSSR count). The summed E-state index contributed by atoms with van der Waals surface area (Å²) in [6.07, 6.45) is 6.42. The van der Waals surface area contributed by atoms with Crippen molar-refractivity contribution in [2.24, 2.45) is 29.6 Å². The van der Waals surface area contributed by atoms with Crippen molar-refractivity contribution in [1.82, 2.24) is 0 Å². The van der Waals surface area contributed by atoms with Gasteiger partial charge in [-0.2, -0.15) is 21.0 Å². The van der Waals surface area contributed by atoms with Gasteiger partial charge in [-0.25, -0.2) is 0 Å². The molecule has 0 radical (unpaired) electrons. The molecule has 0 heterocycles. The maximum atomic E-state index is 10.3. The van der Waals surface area contributed by atoms with E-state index in [-0.39, 0.29) is 5.57 Å². The van der Waals surface area contributed by atoms with Gasteiger partial charge in [-0.15, -0.1) is 0 Å². The predicted molar refractivity (Wildman–Crippen MR) is 158 cm³/mol. The highest BCUT2D eigenvalue weighted by Gasteiger charge is 2.58. The summed E-state index contributed by atoms with van der Waals surface area (Å²) in [6.45, 7) is 0. The average Bonchev–Trinajstić information content (AvgIpc) is 3.00. The summed E-state index contributed by atoms with van der Waals surface area (Å²) in [4.78, 5) is 0. The summed E-state index contributed by atoms with van der Waals surface area (Å²) >= 11 is 0. The standard InChI is InChI=1S/C35H30N4P/c36-20-28(21-37)35(29(22-38)23-39)40(30-9-3-1-4-10-30,31-11-5-2-6-12-31)33-14-8-7-13-32(33)34-26-16-24-15-25(18-26)19-27(34)17-24/h1-14,24-28,34H,15-19H2/q+1. The number of hydrogen-bond donors (Lipinski definition) is 0. The topological polar surface area (TPSA) is 95.2 Å². The van der Waals surface area contributed by atoms with Crippen molar-refractivity contribution in [2.75, 3.05) is 0 Å². The smallest absolute Gasteiger partial charge is 0.193 e. The highest BCUT2D eigenvalue weighted by Crippen LogP contribution is 2.68. The van der Waals surface area contributed by atoms with Gasteiger partial charge in [-0.1, -0.05) is 54.6 Å². The fourth-order valence-electron chi connectivity index (χ4n) is 8.44. The van der Waals surface area contributed by atoms with E-state index in [9.17, 15) is 21.0 Å². The Bertz CT molecular complexity index is 1520. The van der Waals surface area contributed by atoms with Crippen LogP contribution in [0.25, 0.3) is 0 Å². The van der Waals surface area contributed by atoms with Crippen molar-refractivity contribution in [2.45, 2.75) is 38.0 Å². The molecule has 40 heavy (non-hydrogen) atoms. The van der Waals surface area contributed by atoms with Gasteiger partial charge < -0.3 is 0 Å². The van der Waals surface area contributed by atoms with Crippen LogP contribution < -0.4 is 15.9 Å². The van der Waals surface area contributed by atoms with Crippen LogP contribution in [0.5, 0.6) is 0 Å². The van der Waals surface area contributed by atoms with Crippen LogP contribution in [0.4, 0.5) is 0 Å². The molecule has 4 aliphatic carbocycles. The van der Waals surface area contributed by atoms with Gasteiger partial charge in [0.1, 0.15) is 40.6 Å². The Hall–Kier alpha value is -4.21. The van der Waals surface area contributed by atoms with Gasteiger partial charge in [0.2, 0.25) is 0 Å². The Labute approximate surface area is 237 Å². The predicted octanol–water partition coefficient (Wildman–Crippen LogP) is 6.48. The molecule has 4 bridgehead atoms. The highest BCUT2D eigenvalue weighted by atomic mass is 31.2. The molecule has 0 aromatic heterocycles. The number of benzene rings is 3. The molecule has 4 nitrogen and oxygen atoms in total. The molecular weight excluding hydrogens is 507 g/mol. The second kappa shape index (κ2) is 10.7. The number of allylic oxidation sites excluding steroid dienone is 2. The summed E-state index contributed by atoms with van der Waals surface area (Å²) < 4.78 is 0. The highest BCUT2D eigenvalue weighted by molar-refractivity contribution is 7.99. The van der Waals surface area contributed by atoms with Gasteiger partial charge in [0, 0.05) is 0 Å². The van der Waals surface area contributed by atoms with Crippen molar-refractivity contribution in [3.63, 3.8) is 0 Å². The first-order chi connectivity index (χ1) is 19.6. The first-order valence-corrected chi connectivity index (χ1v) is 15.9. The van der Waals surface area contributed by atoms with Crippen LogP contribution in [-0.4, -0.2) is 0 Å².